The largest absolute Gasteiger partial charge is 0.496 e. The number of rotatable bonds is 7. The standard InChI is InChI=1S/C19H23N5O6S/c1-22-16-15(17(26)24(3)19(27)23(16)2)21-18(22)31(28,29)10-9-14(25)20-11-12-7-5-6-8-13(12)30-4/h5-8H,9-11H2,1-4H3,(H,20,25). The molecule has 0 aliphatic carbocycles. The Morgan fingerprint density at radius 3 is 2.45 bits per heavy atom. The van der Waals surface area contributed by atoms with E-state index < -0.39 is 32.7 Å². The van der Waals surface area contributed by atoms with Gasteiger partial charge < -0.3 is 14.6 Å². The zero-order chi connectivity index (χ0) is 22.9. The van der Waals surface area contributed by atoms with Gasteiger partial charge in [-0.15, -0.1) is 0 Å². The first-order valence-electron chi connectivity index (χ1n) is 9.32. The highest BCUT2D eigenvalue weighted by molar-refractivity contribution is 7.91. The van der Waals surface area contributed by atoms with Crippen molar-refractivity contribution in [1.82, 2.24) is 24.0 Å². The van der Waals surface area contributed by atoms with Gasteiger partial charge in [-0.3, -0.25) is 18.7 Å². The molecule has 0 unspecified atom stereocenters. The van der Waals surface area contributed by atoms with Crippen LogP contribution in [0.25, 0.3) is 11.2 Å². The van der Waals surface area contributed by atoms with E-state index in [2.05, 4.69) is 10.3 Å². The van der Waals surface area contributed by atoms with Crippen molar-refractivity contribution in [3.8, 4) is 5.75 Å². The van der Waals surface area contributed by atoms with Crippen LogP contribution in [0.2, 0.25) is 0 Å². The van der Waals surface area contributed by atoms with Crippen molar-refractivity contribution in [2.24, 2.45) is 21.1 Å². The van der Waals surface area contributed by atoms with Gasteiger partial charge in [-0.25, -0.2) is 18.2 Å². The highest BCUT2D eigenvalue weighted by Gasteiger charge is 2.26. The Morgan fingerprint density at radius 1 is 1.10 bits per heavy atom. The SMILES string of the molecule is COc1ccccc1CNC(=O)CCS(=O)(=O)c1nc2c(=O)n(C)c(=O)n(C)c2n1C. The van der Waals surface area contributed by atoms with E-state index >= 15 is 0 Å². The maximum absolute atomic E-state index is 12.8. The Morgan fingerprint density at radius 2 is 1.77 bits per heavy atom. The van der Waals surface area contributed by atoms with Crippen molar-refractivity contribution < 1.29 is 17.9 Å². The third-order valence-corrected chi connectivity index (χ3v) is 6.63. The number of amides is 1. The Kier molecular flexibility index (Phi) is 6.02. The zero-order valence-electron chi connectivity index (χ0n) is 17.6. The average molecular weight is 449 g/mol. The molecule has 0 radical (unpaired) electrons. The summed E-state index contributed by atoms with van der Waals surface area (Å²) in [5.41, 5.74) is -0.572. The topological polar surface area (TPSA) is 134 Å². The lowest BCUT2D eigenvalue weighted by molar-refractivity contribution is -0.120. The van der Waals surface area contributed by atoms with Gasteiger partial charge in [-0.2, -0.15) is 0 Å². The van der Waals surface area contributed by atoms with E-state index in [4.69, 9.17) is 4.74 Å². The summed E-state index contributed by atoms with van der Waals surface area (Å²) >= 11 is 0. The van der Waals surface area contributed by atoms with Crippen LogP contribution in [0.3, 0.4) is 0 Å². The van der Waals surface area contributed by atoms with Gasteiger partial charge in [0.25, 0.3) is 5.56 Å². The molecule has 2 aromatic heterocycles. The summed E-state index contributed by atoms with van der Waals surface area (Å²) in [7, 11) is 1.64. The van der Waals surface area contributed by atoms with Gasteiger partial charge in [0.05, 0.1) is 12.9 Å². The van der Waals surface area contributed by atoms with Crippen LogP contribution < -0.4 is 21.3 Å². The van der Waals surface area contributed by atoms with Crippen LogP contribution in [-0.4, -0.2) is 45.9 Å². The molecule has 0 aliphatic rings. The number of carbonyl (C=O) groups is 1. The van der Waals surface area contributed by atoms with E-state index in [1.165, 1.54) is 32.8 Å². The number of nitrogens with zero attached hydrogens (tertiary/aromatic N) is 4. The molecule has 3 aromatic rings. The molecule has 31 heavy (non-hydrogen) atoms. The number of aryl methyl sites for hydroxylation is 2. The van der Waals surface area contributed by atoms with Crippen molar-refractivity contribution >= 4 is 26.9 Å². The molecule has 0 fully saturated rings. The van der Waals surface area contributed by atoms with E-state index in [-0.39, 0.29) is 29.3 Å². The summed E-state index contributed by atoms with van der Waals surface area (Å²) in [4.78, 5) is 40.7. The number of sulfone groups is 1. The lowest BCUT2D eigenvalue weighted by Gasteiger charge is -2.10. The van der Waals surface area contributed by atoms with Crippen molar-refractivity contribution in [2.75, 3.05) is 12.9 Å². The molecule has 12 heteroatoms. The van der Waals surface area contributed by atoms with Crippen LogP contribution >= 0.6 is 0 Å². The monoisotopic (exact) mass is 449 g/mol. The van der Waals surface area contributed by atoms with Crippen LogP contribution in [0, 0.1) is 0 Å². The predicted molar refractivity (Wildman–Crippen MR) is 113 cm³/mol. The molecule has 0 atom stereocenters. The van der Waals surface area contributed by atoms with Crippen molar-refractivity contribution in [1.29, 1.82) is 0 Å². The van der Waals surface area contributed by atoms with E-state index in [0.717, 1.165) is 14.7 Å². The molecule has 0 spiro atoms. The summed E-state index contributed by atoms with van der Waals surface area (Å²) in [5.74, 6) is -0.352. The van der Waals surface area contributed by atoms with Crippen molar-refractivity contribution in [2.45, 2.75) is 18.1 Å². The number of hydrogen-bond acceptors (Lipinski definition) is 7. The van der Waals surface area contributed by atoms with Crippen molar-refractivity contribution in [3.05, 3.63) is 50.7 Å². The summed E-state index contributed by atoms with van der Waals surface area (Å²) in [6.07, 6.45) is -0.294. The number of carbonyl (C=O) groups excluding carboxylic acids is 1. The van der Waals surface area contributed by atoms with E-state index in [1.807, 2.05) is 0 Å². The van der Waals surface area contributed by atoms with Gasteiger partial charge in [-0.05, 0) is 6.07 Å². The van der Waals surface area contributed by atoms with Crippen LogP contribution in [0.15, 0.2) is 39.0 Å². The number of ether oxygens (including phenoxy) is 1. The predicted octanol–water partition coefficient (Wildman–Crippen LogP) is -0.540. The average Bonchev–Trinajstić information content (AvgIpc) is 3.11. The Hall–Kier alpha value is -3.41. The van der Waals surface area contributed by atoms with Gasteiger partial charge in [-0.1, -0.05) is 18.2 Å². The molecule has 0 aliphatic heterocycles. The first-order chi connectivity index (χ1) is 14.6. The van der Waals surface area contributed by atoms with Gasteiger partial charge in [0, 0.05) is 39.7 Å². The van der Waals surface area contributed by atoms with Gasteiger partial charge in [0.15, 0.2) is 11.2 Å². The van der Waals surface area contributed by atoms with Crippen molar-refractivity contribution in [3.63, 3.8) is 0 Å². The molecule has 11 nitrogen and oxygen atoms in total. The van der Waals surface area contributed by atoms with Crippen LogP contribution in [-0.2, 0) is 42.3 Å². The lowest BCUT2D eigenvalue weighted by Crippen LogP contribution is -2.37. The molecule has 1 aromatic carbocycles. The molecular formula is C19H23N5O6S. The fourth-order valence-electron chi connectivity index (χ4n) is 3.29. The third kappa shape index (κ3) is 4.10. The molecular weight excluding hydrogens is 426 g/mol. The molecule has 3 rings (SSSR count). The normalized spacial score (nSPS) is 11.6. The minimum absolute atomic E-state index is 0.0901. The highest BCUT2D eigenvalue weighted by Crippen LogP contribution is 2.18. The Labute approximate surface area is 177 Å². The summed E-state index contributed by atoms with van der Waals surface area (Å²) in [5, 5.41) is 2.29. The first-order valence-corrected chi connectivity index (χ1v) is 11.0. The number of benzene rings is 1. The van der Waals surface area contributed by atoms with E-state index in [9.17, 15) is 22.8 Å². The Bertz CT molecular complexity index is 1380. The summed E-state index contributed by atoms with van der Waals surface area (Å²) in [6, 6.07) is 7.16. The Balaban J connectivity index is 1.79. The molecule has 2 heterocycles. The number of para-hydroxylation sites is 1. The maximum atomic E-state index is 12.8. The highest BCUT2D eigenvalue weighted by atomic mass is 32.2. The van der Waals surface area contributed by atoms with E-state index in [1.54, 1.807) is 24.3 Å². The maximum Gasteiger partial charge on any atom is 0.332 e. The van der Waals surface area contributed by atoms with Gasteiger partial charge in [0.1, 0.15) is 5.75 Å². The number of imidazole rings is 1. The van der Waals surface area contributed by atoms with Crippen LogP contribution in [0.4, 0.5) is 0 Å². The zero-order valence-corrected chi connectivity index (χ0v) is 18.4. The number of methoxy groups -OCH3 is 1. The molecule has 1 N–H and O–H groups in total. The second-order valence-corrected chi connectivity index (χ2v) is 8.99. The number of hydrogen-bond donors (Lipinski definition) is 1. The second-order valence-electron chi connectivity index (χ2n) is 6.99. The summed E-state index contributed by atoms with van der Waals surface area (Å²) in [6.45, 7) is 0.188. The van der Waals surface area contributed by atoms with Crippen LogP contribution in [0.1, 0.15) is 12.0 Å². The second kappa shape index (κ2) is 8.38. The minimum atomic E-state index is -4.00. The van der Waals surface area contributed by atoms with Gasteiger partial charge in [0.2, 0.25) is 20.9 Å². The smallest absolute Gasteiger partial charge is 0.332 e. The fraction of sp³-hybridized carbons (Fsp3) is 0.368. The molecule has 166 valence electrons. The van der Waals surface area contributed by atoms with Gasteiger partial charge >= 0.3 is 5.69 Å². The third-order valence-electron chi connectivity index (χ3n) is 4.97. The molecule has 0 saturated carbocycles. The molecule has 0 bridgehead atoms. The fourth-order valence-corrected chi connectivity index (χ4v) is 4.66. The lowest BCUT2D eigenvalue weighted by atomic mass is 10.2. The minimum Gasteiger partial charge on any atom is -0.496 e. The van der Waals surface area contributed by atoms with Crippen LogP contribution in [0.5, 0.6) is 5.75 Å². The quantitative estimate of drug-likeness (QED) is 0.512. The number of aromatic nitrogens is 4. The molecule has 1 amide bonds. The number of nitrogens with one attached hydrogen (secondary N) is 1. The van der Waals surface area contributed by atoms with E-state index in [0.29, 0.717) is 5.75 Å². The summed E-state index contributed by atoms with van der Waals surface area (Å²) < 4.78 is 34.0. The number of fused-ring (bicyclic) bond motifs is 1. The molecule has 0 saturated heterocycles. The first kappa shape index (κ1) is 22.3.